The van der Waals surface area contributed by atoms with E-state index in [1.54, 1.807) is 0 Å². The minimum Gasteiger partial charge on any atom is -0.483 e. The van der Waals surface area contributed by atoms with E-state index in [1.165, 1.54) is 0 Å². The van der Waals surface area contributed by atoms with E-state index in [1.807, 2.05) is 26.8 Å². The predicted molar refractivity (Wildman–Crippen MR) is 76.2 cm³/mol. The van der Waals surface area contributed by atoms with Gasteiger partial charge in [-0.15, -0.1) is 0 Å². The van der Waals surface area contributed by atoms with Gasteiger partial charge in [0.1, 0.15) is 5.76 Å². The molecule has 0 aromatic rings. The van der Waals surface area contributed by atoms with Crippen molar-refractivity contribution in [1.82, 2.24) is 5.32 Å². The lowest BCUT2D eigenvalue weighted by atomic mass is 9.82. The highest BCUT2D eigenvalue weighted by atomic mass is 16.5. The highest BCUT2D eigenvalue weighted by Crippen LogP contribution is 2.33. The van der Waals surface area contributed by atoms with Crippen LogP contribution in [0, 0.1) is 5.92 Å². The number of nitrogens with one attached hydrogen (secondary N) is 1. The van der Waals surface area contributed by atoms with Gasteiger partial charge in [-0.2, -0.15) is 0 Å². The molecule has 2 rings (SSSR count). The zero-order valence-electron chi connectivity index (χ0n) is 11.7. The second-order valence-electron chi connectivity index (χ2n) is 4.37. The third-order valence-electron chi connectivity index (χ3n) is 3.20. The first-order valence-corrected chi connectivity index (χ1v) is 6.76. The first-order chi connectivity index (χ1) is 8.65. The summed E-state index contributed by atoms with van der Waals surface area (Å²) in [5, 5.41) is 2.89. The number of carbonyl (C=O) groups excluding carboxylic acids is 1. The SMILES string of the molecule is CC.[B]CC1=CC2=C(CC1C)OC(CC)C(=O)N2.[HH]. The van der Waals surface area contributed by atoms with Gasteiger partial charge in [0.15, 0.2) is 6.10 Å². The number of ether oxygens (including phenoxy) is 1. The number of rotatable bonds is 2. The summed E-state index contributed by atoms with van der Waals surface area (Å²) in [6.07, 6.45) is 3.68. The van der Waals surface area contributed by atoms with Crippen LogP contribution in [0.15, 0.2) is 23.1 Å². The Balaban J connectivity index is 0.00000103. The molecule has 1 heterocycles. The van der Waals surface area contributed by atoms with Gasteiger partial charge in [0.05, 0.1) is 13.5 Å². The van der Waals surface area contributed by atoms with Crippen molar-refractivity contribution in [2.75, 3.05) is 0 Å². The van der Waals surface area contributed by atoms with Crippen LogP contribution in [0.3, 0.4) is 0 Å². The minimum absolute atomic E-state index is 0. The standard InChI is InChI=1S/C12H16BNO2.C2H6.H2/c1-3-10-12(15)14-9-5-8(6-13)7(2)4-11(9)16-10;1-2;/h5,7,10H,3-4,6H2,1-2H3,(H,14,15);1-2H3;1H. The lowest BCUT2D eigenvalue weighted by molar-refractivity contribution is -0.132. The molecule has 1 N–H and O–H groups in total. The van der Waals surface area contributed by atoms with Gasteiger partial charge in [0.2, 0.25) is 0 Å². The van der Waals surface area contributed by atoms with Gasteiger partial charge in [0, 0.05) is 7.85 Å². The summed E-state index contributed by atoms with van der Waals surface area (Å²) in [5.74, 6) is 1.25. The number of hydrogen-bond acceptors (Lipinski definition) is 2. The van der Waals surface area contributed by atoms with Crippen molar-refractivity contribution < 1.29 is 11.0 Å². The van der Waals surface area contributed by atoms with E-state index in [0.29, 0.717) is 18.7 Å². The summed E-state index contributed by atoms with van der Waals surface area (Å²) >= 11 is 0. The third kappa shape index (κ3) is 2.98. The van der Waals surface area contributed by atoms with Crippen molar-refractivity contribution in [3.05, 3.63) is 23.1 Å². The first-order valence-electron chi connectivity index (χ1n) is 6.76. The van der Waals surface area contributed by atoms with E-state index < -0.39 is 0 Å². The number of amides is 1. The monoisotopic (exact) mass is 249 g/mol. The predicted octanol–water partition coefficient (Wildman–Crippen LogP) is 2.95. The molecule has 0 saturated carbocycles. The second-order valence-corrected chi connectivity index (χ2v) is 4.37. The maximum atomic E-state index is 11.6. The van der Waals surface area contributed by atoms with Crippen molar-refractivity contribution in [2.24, 2.45) is 5.92 Å². The molecule has 1 amide bonds. The van der Waals surface area contributed by atoms with Crippen LogP contribution in [0.4, 0.5) is 0 Å². The van der Waals surface area contributed by atoms with Gasteiger partial charge in [-0.3, -0.25) is 4.79 Å². The van der Waals surface area contributed by atoms with E-state index in [4.69, 9.17) is 12.6 Å². The Kier molecular flexibility index (Phi) is 5.51. The van der Waals surface area contributed by atoms with Gasteiger partial charge < -0.3 is 10.1 Å². The zero-order chi connectivity index (χ0) is 13.7. The van der Waals surface area contributed by atoms with Gasteiger partial charge in [-0.1, -0.05) is 39.6 Å². The Morgan fingerprint density at radius 1 is 1.56 bits per heavy atom. The summed E-state index contributed by atoms with van der Waals surface area (Å²) in [5.41, 5.74) is 1.96. The molecular formula is C14H24BNO2. The zero-order valence-corrected chi connectivity index (χ0v) is 11.7. The average Bonchev–Trinajstić information content (AvgIpc) is 2.40. The molecule has 0 spiro atoms. The Morgan fingerprint density at radius 2 is 2.22 bits per heavy atom. The van der Waals surface area contributed by atoms with Gasteiger partial charge in [0.25, 0.3) is 5.91 Å². The fourth-order valence-corrected chi connectivity index (χ4v) is 2.11. The van der Waals surface area contributed by atoms with Gasteiger partial charge in [-0.05, 0) is 18.4 Å². The molecule has 2 radical (unpaired) electrons. The van der Waals surface area contributed by atoms with Crippen LogP contribution in [0.1, 0.15) is 42.0 Å². The van der Waals surface area contributed by atoms with Crippen molar-refractivity contribution in [3.8, 4) is 0 Å². The molecule has 18 heavy (non-hydrogen) atoms. The maximum Gasteiger partial charge on any atom is 0.265 e. The summed E-state index contributed by atoms with van der Waals surface area (Å²) in [7, 11) is 5.66. The van der Waals surface area contributed by atoms with E-state index in [0.717, 1.165) is 23.5 Å². The normalized spacial score (nSPS) is 26.2. The molecule has 2 atom stereocenters. The number of hydrogen-bond donors (Lipinski definition) is 1. The molecule has 0 bridgehead atoms. The van der Waals surface area contributed by atoms with Crippen LogP contribution < -0.4 is 5.32 Å². The van der Waals surface area contributed by atoms with E-state index in [-0.39, 0.29) is 13.4 Å². The molecule has 2 aliphatic rings. The fraction of sp³-hybridized carbons (Fsp3) is 0.643. The molecule has 4 heteroatoms. The number of allylic oxidation sites excluding steroid dienone is 3. The maximum absolute atomic E-state index is 11.6. The summed E-state index contributed by atoms with van der Waals surface area (Å²) in [4.78, 5) is 11.6. The van der Waals surface area contributed by atoms with Crippen molar-refractivity contribution in [1.29, 1.82) is 0 Å². The molecule has 0 fully saturated rings. The van der Waals surface area contributed by atoms with Gasteiger partial charge >= 0.3 is 0 Å². The van der Waals surface area contributed by atoms with Crippen LogP contribution >= 0.6 is 0 Å². The summed E-state index contributed by atoms with van der Waals surface area (Å²) < 4.78 is 5.70. The molecule has 3 nitrogen and oxygen atoms in total. The molecule has 0 aromatic carbocycles. The van der Waals surface area contributed by atoms with E-state index in [2.05, 4.69) is 12.2 Å². The minimum atomic E-state index is -0.334. The van der Waals surface area contributed by atoms with Crippen molar-refractivity contribution >= 4 is 13.8 Å². The van der Waals surface area contributed by atoms with Crippen LogP contribution in [-0.4, -0.2) is 19.9 Å². The third-order valence-corrected chi connectivity index (χ3v) is 3.20. The highest BCUT2D eigenvalue weighted by molar-refractivity contribution is 6.10. The van der Waals surface area contributed by atoms with Crippen LogP contribution in [0.2, 0.25) is 6.32 Å². The quantitative estimate of drug-likeness (QED) is 0.764. The molecule has 0 aromatic heterocycles. The molecule has 2 unspecified atom stereocenters. The van der Waals surface area contributed by atoms with E-state index >= 15 is 0 Å². The van der Waals surface area contributed by atoms with Crippen molar-refractivity contribution in [3.63, 3.8) is 0 Å². The second kappa shape index (κ2) is 6.67. The average molecular weight is 249 g/mol. The van der Waals surface area contributed by atoms with Crippen molar-refractivity contribution in [2.45, 2.75) is 53.0 Å². The molecule has 1 aliphatic carbocycles. The smallest absolute Gasteiger partial charge is 0.265 e. The Labute approximate surface area is 113 Å². The topological polar surface area (TPSA) is 38.3 Å². The highest BCUT2D eigenvalue weighted by Gasteiger charge is 2.30. The summed E-state index contributed by atoms with van der Waals surface area (Å²) in [6.45, 7) is 8.08. The largest absolute Gasteiger partial charge is 0.483 e. The summed E-state index contributed by atoms with van der Waals surface area (Å²) in [6, 6.07) is 0. The molecule has 1 aliphatic heterocycles. The Hall–Kier alpha value is -1.19. The Morgan fingerprint density at radius 3 is 2.78 bits per heavy atom. The van der Waals surface area contributed by atoms with Crippen LogP contribution in [-0.2, 0) is 9.53 Å². The fourth-order valence-electron chi connectivity index (χ4n) is 2.11. The van der Waals surface area contributed by atoms with Gasteiger partial charge in [-0.25, -0.2) is 0 Å². The van der Waals surface area contributed by atoms with Crippen LogP contribution in [0.5, 0.6) is 0 Å². The van der Waals surface area contributed by atoms with Crippen LogP contribution in [0.25, 0.3) is 0 Å². The lowest BCUT2D eigenvalue weighted by Gasteiger charge is -2.32. The van der Waals surface area contributed by atoms with E-state index in [9.17, 15) is 4.79 Å². The first kappa shape index (κ1) is 14.9. The molecule has 0 saturated heterocycles. The molecular weight excluding hydrogens is 225 g/mol. The molecule has 100 valence electrons. The lowest BCUT2D eigenvalue weighted by Crippen LogP contribution is -2.41. The Bertz CT molecular complexity index is 380. The number of carbonyl (C=O) groups is 1.